The van der Waals surface area contributed by atoms with E-state index in [1.54, 1.807) is 11.8 Å². The van der Waals surface area contributed by atoms with Crippen LogP contribution in [-0.2, 0) is 4.74 Å². The van der Waals surface area contributed by atoms with E-state index in [2.05, 4.69) is 9.88 Å². The number of piperazine rings is 1. The first-order valence-corrected chi connectivity index (χ1v) is 10.1. The zero-order valence-electron chi connectivity index (χ0n) is 17.6. The van der Waals surface area contributed by atoms with Crippen LogP contribution in [0.25, 0.3) is 16.7 Å². The number of aromatic nitrogens is 2. The van der Waals surface area contributed by atoms with Gasteiger partial charge < -0.3 is 14.5 Å². The van der Waals surface area contributed by atoms with Gasteiger partial charge in [0.15, 0.2) is 17.3 Å². The van der Waals surface area contributed by atoms with Crippen molar-refractivity contribution in [3.05, 3.63) is 63.7 Å². The molecule has 1 fully saturated rings. The summed E-state index contributed by atoms with van der Waals surface area (Å²) in [6, 6.07) is 3.87. The highest BCUT2D eigenvalue weighted by Gasteiger charge is 2.24. The number of carbonyl (C=O) groups excluding carboxylic acids is 1. The van der Waals surface area contributed by atoms with Crippen LogP contribution in [0.4, 0.5) is 19.0 Å². The molecule has 0 aliphatic carbocycles. The van der Waals surface area contributed by atoms with E-state index in [4.69, 9.17) is 4.74 Å². The molecule has 0 bridgehead atoms. The summed E-state index contributed by atoms with van der Waals surface area (Å²) in [6.45, 7) is 4.00. The molecule has 0 spiro atoms. The lowest BCUT2D eigenvalue weighted by Gasteiger charge is -2.33. The summed E-state index contributed by atoms with van der Waals surface area (Å²) >= 11 is 0. The summed E-state index contributed by atoms with van der Waals surface area (Å²) in [6.07, 6.45) is 1.09. The first-order valence-electron chi connectivity index (χ1n) is 10.1. The van der Waals surface area contributed by atoms with Crippen LogP contribution >= 0.6 is 0 Å². The molecule has 1 saturated heterocycles. The Bertz CT molecular complexity index is 1250. The van der Waals surface area contributed by atoms with E-state index in [0.29, 0.717) is 32.2 Å². The number of nitrogens with zero attached hydrogens (tertiary/aromatic N) is 4. The van der Waals surface area contributed by atoms with Crippen molar-refractivity contribution in [2.24, 2.45) is 0 Å². The molecule has 3 aromatic rings. The zero-order valence-corrected chi connectivity index (χ0v) is 17.6. The summed E-state index contributed by atoms with van der Waals surface area (Å²) in [4.78, 5) is 33.5. The van der Waals surface area contributed by atoms with Gasteiger partial charge in [-0.1, -0.05) is 0 Å². The van der Waals surface area contributed by atoms with Gasteiger partial charge in [0.05, 0.1) is 17.7 Å². The molecule has 10 heteroatoms. The summed E-state index contributed by atoms with van der Waals surface area (Å²) in [7, 11) is 1.95. The minimum atomic E-state index is -0.933. The molecule has 0 atom stereocenters. The van der Waals surface area contributed by atoms with E-state index in [0.717, 1.165) is 29.0 Å². The Morgan fingerprint density at radius 2 is 1.81 bits per heavy atom. The summed E-state index contributed by atoms with van der Waals surface area (Å²) in [5, 5.41) is -0.213. The Morgan fingerprint density at radius 1 is 1.09 bits per heavy atom. The normalized spacial score (nSPS) is 14.7. The lowest BCUT2D eigenvalue weighted by molar-refractivity contribution is 0.0524. The number of likely N-dealkylation sites (N-methyl/N-ethyl adjacent to an activating group) is 1. The van der Waals surface area contributed by atoms with Gasteiger partial charge in [0, 0.05) is 38.4 Å². The van der Waals surface area contributed by atoms with Crippen LogP contribution < -0.4 is 10.3 Å². The topological polar surface area (TPSA) is 67.7 Å². The second-order valence-electron chi connectivity index (χ2n) is 7.51. The average molecular weight is 446 g/mol. The van der Waals surface area contributed by atoms with Crippen LogP contribution in [0, 0.1) is 17.5 Å². The molecule has 0 N–H and O–H groups in total. The number of halogens is 3. The predicted octanol–water partition coefficient (Wildman–Crippen LogP) is 2.73. The van der Waals surface area contributed by atoms with E-state index in [9.17, 15) is 18.4 Å². The Hall–Kier alpha value is -3.40. The Labute approximate surface area is 181 Å². The van der Waals surface area contributed by atoms with E-state index < -0.39 is 34.4 Å². The number of ether oxygens (including phenoxy) is 1. The molecule has 0 unspecified atom stereocenters. The second-order valence-corrected chi connectivity index (χ2v) is 7.51. The fourth-order valence-corrected chi connectivity index (χ4v) is 3.67. The fourth-order valence-electron chi connectivity index (χ4n) is 3.67. The standard InChI is InChI=1S/C22H21F3N4O3/c1-3-32-22(31)15-12-29(18-5-4-13(23)10-16(18)24)20-14(19(15)30)11-17(25)21(26-20)28-8-6-27(2)7-9-28/h4-5,10-12H,3,6-9H2,1-2H3. The van der Waals surface area contributed by atoms with Crippen molar-refractivity contribution in [3.8, 4) is 5.69 Å². The maximum absolute atomic E-state index is 15.0. The lowest BCUT2D eigenvalue weighted by Crippen LogP contribution is -2.45. The Morgan fingerprint density at radius 3 is 2.47 bits per heavy atom. The van der Waals surface area contributed by atoms with E-state index in [1.807, 2.05) is 7.05 Å². The first kappa shape index (κ1) is 21.8. The zero-order chi connectivity index (χ0) is 23.0. The summed E-state index contributed by atoms with van der Waals surface area (Å²) < 4.78 is 49.2. The Balaban J connectivity index is 1.99. The molecule has 7 nitrogen and oxygen atoms in total. The second kappa shape index (κ2) is 8.62. The predicted molar refractivity (Wildman–Crippen MR) is 113 cm³/mol. The highest BCUT2D eigenvalue weighted by Crippen LogP contribution is 2.25. The molecule has 0 radical (unpaired) electrons. The van der Waals surface area contributed by atoms with Gasteiger partial charge in [-0.2, -0.15) is 0 Å². The molecule has 1 aliphatic heterocycles. The van der Waals surface area contributed by atoms with Gasteiger partial charge in [0.2, 0.25) is 5.43 Å². The number of hydrogen-bond acceptors (Lipinski definition) is 6. The van der Waals surface area contributed by atoms with Crippen molar-refractivity contribution >= 4 is 22.8 Å². The average Bonchev–Trinajstić information content (AvgIpc) is 2.75. The molecule has 0 amide bonds. The molecule has 4 rings (SSSR count). The van der Waals surface area contributed by atoms with E-state index >= 15 is 4.39 Å². The third kappa shape index (κ3) is 3.93. The van der Waals surface area contributed by atoms with E-state index in [-0.39, 0.29) is 29.1 Å². The smallest absolute Gasteiger partial charge is 0.343 e. The van der Waals surface area contributed by atoms with Crippen molar-refractivity contribution < 1.29 is 22.7 Å². The number of pyridine rings is 2. The molecule has 1 aromatic carbocycles. The van der Waals surface area contributed by atoms with Crippen LogP contribution in [0.1, 0.15) is 17.3 Å². The van der Waals surface area contributed by atoms with Gasteiger partial charge in [0.1, 0.15) is 17.2 Å². The van der Waals surface area contributed by atoms with Crippen molar-refractivity contribution in [1.82, 2.24) is 14.5 Å². The number of hydrogen-bond donors (Lipinski definition) is 0. The third-order valence-electron chi connectivity index (χ3n) is 5.38. The van der Waals surface area contributed by atoms with E-state index in [1.165, 1.54) is 0 Å². The lowest BCUT2D eigenvalue weighted by atomic mass is 10.1. The highest BCUT2D eigenvalue weighted by molar-refractivity contribution is 5.94. The molecule has 0 saturated carbocycles. The molecular weight excluding hydrogens is 425 g/mol. The SMILES string of the molecule is CCOC(=O)c1cn(-c2ccc(F)cc2F)c2nc(N3CCN(C)CC3)c(F)cc2c1=O. The number of rotatable bonds is 4. The number of benzene rings is 1. The monoisotopic (exact) mass is 446 g/mol. The fraction of sp³-hybridized carbons (Fsp3) is 0.318. The van der Waals surface area contributed by atoms with Crippen molar-refractivity contribution in [2.75, 3.05) is 44.7 Å². The summed E-state index contributed by atoms with van der Waals surface area (Å²) in [5.74, 6) is -3.37. The molecular formula is C22H21F3N4O3. The van der Waals surface area contributed by atoms with Gasteiger partial charge in [0.25, 0.3) is 0 Å². The minimum absolute atomic E-state index is 0.0101. The van der Waals surface area contributed by atoms with Crippen molar-refractivity contribution in [3.63, 3.8) is 0 Å². The number of carbonyl (C=O) groups is 1. The van der Waals surface area contributed by atoms with Gasteiger partial charge in [-0.15, -0.1) is 0 Å². The number of fused-ring (bicyclic) bond motifs is 1. The Kier molecular flexibility index (Phi) is 5.88. The number of anilines is 1. The molecule has 32 heavy (non-hydrogen) atoms. The maximum atomic E-state index is 15.0. The largest absolute Gasteiger partial charge is 0.462 e. The molecule has 1 aliphatic rings. The van der Waals surface area contributed by atoms with Crippen molar-refractivity contribution in [2.45, 2.75) is 6.92 Å². The van der Waals surface area contributed by atoms with Gasteiger partial charge >= 0.3 is 5.97 Å². The van der Waals surface area contributed by atoms with Crippen molar-refractivity contribution in [1.29, 1.82) is 0 Å². The quantitative estimate of drug-likeness (QED) is 0.575. The van der Waals surface area contributed by atoms with Gasteiger partial charge in [-0.05, 0) is 32.2 Å². The maximum Gasteiger partial charge on any atom is 0.343 e. The van der Waals surface area contributed by atoms with Crippen LogP contribution in [0.15, 0.2) is 35.3 Å². The molecule has 3 heterocycles. The van der Waals surface area contributed by atoms with Gasteiger partial charge in [-0.3, -0.25) is 9.36 Å². The minimum Gasteiger partial charge on any atom is -0.462 e. The van der Waals surface area contributed by atoms with Crippen LogP contribution in [0.3, 0.4) is 0 Å². The third-order valence-corrected chi connectivity index (χ3v) is 5.38. The number of esters is 1. The summed E-state index contributed by atoms with van der Waals surface area (Å²) in [5.41, 5.74) is -1.39. The highest BCUT2D eigenvalue weighted by atomic mass is 19.1. The van der Waals surface area contributed by atoms with Crippen LogP contribution in [-0.4, -0.2) is 60.3 Å². The molecule has 2 aromatic heterocycles. The van der Waals surface area contributed by atoms with Crippen LogP contribution in [0.5, 0.6) is 0 Å². The van der Waals surface area contributed by atoms with Crippen LogP contribution in [0.2, 0.25) is 0 Å². The molecule has 168 valence electrons. The first-order chi connectivity index (χ1) is 15.3. The van der Waals surface area contributed by atoms with Gasteiger partial charge in [-0.25, -0.2) is 22.9 Å².